The minimum absolute atomic E-state index is 0.140. The Morgan fingerprint density at radius 1 is 1.28 bits per heavy atom. The lowest BCUT2D eigenvalue weighted by atomic mass is 9.84. The molecule has 4 heteroatoms. The van der Waals surface area contributed by atoms with Gasteiger partial charge in [0.1, 0.15) is 0 Å². The molecule has 102 valence electrons. The molecule has 1 N–H and O–H groups in total. The van der Waals surface area contributed by atoms with E-state index in [9.17, 15) is 5.11 Å². The van der Waals surface area contributed by atoms with Gasteiger partial charge in [-0.05, 0) is 29.2 Å². The summed E-state index contributed by atoms with van der Waals surface area (Å²) in [5, 5.41) is 11.5. The molecule has 0 aliphatic heterocycles. The zero-order valence-corrected chi connectivity index (χ0v) is 12.7. The van der Waals surface area contributed by atoms with Crippen molar-refractivity contribution in [3.8, 4) is 0 Å². The number of rotatable bonds is 4. The van der Waals surface area contributed by atoms with E-state index < -0.39 is 6.10 Å². The molecule has 0 radical (unpaired) electrons. The smallest absolute Gasteiger partial charge is 0.0881 e. The Balaban J connectivity index is 2.86. The number of hydrogen-bond donors (Lipinski definition) is 1. The monoisotopic (exact) mass is 290 g/mol. The van der Waals surface area contributed by atoms with Gasteiger partial charge in [-0.25, -0.2) is 0 Å². The first kappa shape index (κ1) is 15.8. The normalized spacial score (nSPS) is 15.5. The Bertz CT molecular complexity index is 399. The van der Waals surface area contributed by atoms with Crippen LogP contribution in [0.5, 0.6) is 0 Å². The predicted octanol–water partition coefficient (Wildman–Crippen LogP) is 3.96. The minimum Gasteiger partial charge on any atom is -0.390 e. The quantitative estimate of drug-likeness (QED) is 0.910. The van der Waals surface area contributed by atoms with Crippen molar-refractivity contribution in [3.63, 3.8) is 0 Å². The fraction of sp³-hybridized carbons (Fsp3) is 0.571. The lowest BCUT2D eigenvalue weighted by Gasteiger charge is -2.33. The van der Waals surface area contributed by atoms with Crippen molar-refractivity contribution >= 4 is 23.2 Å². The molecule has 2 unspecified atom stereocenters. The first-order valence-corrected chi connectivity index (χ1v) is 6.66. The summed E-state index contributed by atoms with van der Waals surface area (Å²) in [6, 6.07) is 5.25. The molecule has 0 aliphatic rings. The highest BCUT2D eigenvalue weighted by Crippen LogP contribution is 2.28. The van der Waals surface area contributed by atoms with E-state index in [2.05, 4.69) is 0 Å². The summed E-state index contributed by atoms with van der Waals surface area (Å²) in [5.74, 6) is 0. The van der Waals surface area contributed by atoms with Crippen LogP contribution in [-0.2, 0) is 11.2 Å². The maximum absolute atomic E-state index is 10.3. The maximum atomic E-state index is 10.3. The van der Waals surface area contributed by atoms with E-state index in [1.807, 2.05) is 20.8 Å². The lowest BCUT2D eigenvalue weighted by Crippen LogP contribution is -2.40. The predicted molar refractivity (Wildman–Crippen MR) is 76.4 cm³/mol. The molecule has 0 fully saturated rings. The van der Waals surface area contributed by atoms with E-state index >= 15 is 0 Å². The molecule has 0 spiro atoms. The molecule has 2 atom stereocenters. The highest BCUT2D eigenvalue weighted by molar-refractivity contribution is 6.33. The highest BCUT2D eigenvalue weighted by atomic mass is 35.5. The zero-order chi connectivity index (χ0) is 13.9. The molecule has 1 aromatic carbocycles. The fourth-order valence-electron chi connectivity index (χ4n) is 2.12. The number of benzene rings is 1. The van der Waals surface area contributed by atoms with Crippen LogP contribution in [0.4, 0.5) is 0 Å². The van der Waals surface area contributed by atoms with Gasteiger partial charge in [0.2, 0.25) is 0 Å². The van der Waals surface area contributed by atoms with Crippen LogP contribution in [0.15, 0.2) is 18.2 Å². The zero-order valence-electron chi connectivity index (χ0n) is 11.2. The van der Waals surface area contributed by atoms with Gasteiger partial charge >= 0.3 is 0 Å². The number of methoxy groups -OCH3 is 1. The van der Waals surface area contributed by atoms with Gasteiger partial charge in [-0.2, -0.15) is 0 Å². The molecule has 0 saturated carbocycles. The standard InChI is InChI=1S/C14H20Cl2O2/c1-14(2,3)13(18-4)12(17)8-9-7-10(15)5-6-11(9)16/h5-7,12-13,17H,8H2,1-4H3. The first-order valence-electron chi connectivity index (χ1n) is 5.90. The van der Waals surface area contributed by atoms with Gasteiger partial charge in [0.05, 0.1) is 12.2 Å². The summed E-state index contributed by atoms with van der Waals surface area (Å²) in [5.41, 5.74) is 0.696. The highest BCUT2D eigenvalue weighted by Gasteiger charge is 2.31. The van der Waals surface area contributed by atoms with Gasteiger partial charge in [0.25, 0.3) is 0 Å². The molecule has 0 amide bonds. The Morgan fingerprint density at radius 2 is 1.89 bits per heavy atom. The minimum atomic E-state index is -0.619. The van der Waals surface area contributed by atoms with Crippen molar-refractivity contribution in [2.24, 2.45) is 5.41 Å². The number of ether oxygens (including phenoxy) is 1. The number of halogens is 2. The summed E-state index contributed by atoms with van der Waals surface area (Å²) < 4.78 is 5.39. The molecule has 1 rings (SSSR count). The van der Waals surface area contributed by atoms with Gasteiger partial charge in [0, 0.05) is 23.6 Å². The first-order chi connectivity index (χ1) is 8.25. The third-order valence-electron chi connectivity index (χ3n) is 2.89. The van der Waals surface area contributed by atoms with E-state index in [0.717, 1.165) is 5.56 Å². The molecule has 0 bridgehead atoms. The average Bonchev–Trinajstić information content (AvgIpc) is 2.22. The third-order valence-corrected chi connectivity index (χ3v) is 3.50. The van der Waals surface area contributed by atoms with Crippen LogP contribution in [0.25, 0.3) is 0 Å². The van der Waals surface area contributed by atoms with Crippen LogP contribution < -0.4 is 0 Å². The van der Waals surface area contributed by atoms with Gasteiger partial charge < -0.3 is 9.84 Å². The average molecular weight is 291 g/mol. The largest absolute Gasteiger partial charge is 0.390 e. The van der Waals surface area contributed by atoms with Crippen molar-refractivity contribution in [3.05, 3.63) is 33.8 Å². The summed E-state index contributed by atoms with van der Waals surface area (Å²) in [4.78, 5) is 0. The number of hydrogen-bond acceptors (Lipinski definition) is 2. The second-order valence-corrected chi connectivity index (χ2v) is 6.37. The Hall–Kier alpha value is -0.280. The van der Waals surface area contributed by atoms with E-state index in [-0.39, 0.29) is 11.5 Å². The van der Waals surface area contributed by atoms with Gasteiger partial charge in [-0.3, -0.25) is 0 Å². The van der Waals surface area contributed by atoms with Crippen LogP contribution in [0.3, 0.4) is 0 Å². The summed E-state index contributed by atoms with van der Waals surface area (Å²) in [6.07, 6.45) is -0.451. The van der Waals surface area contributed by atoms with Gasteiger partial charge in [0.15, 0.2) is 0 Å². The summed E-state index contributed by atoms with van der Waals surface area (Å²) in [6.45, 7) is 6.10. The summed E-state index contributed by atoms with van der Waals surface area (Å²) in [7, 11) is 1.61. The van der Waals surface area contributed by atoms with Crippen LogP contribution in [0.1, 0.15) is 26.3 Å². The van der Waals surface area contributed by atoms with Crippen LogP contribution in [0, 0.1) is 5.41 Å². The van der Waals surface area contributed by atoms with Crippen molar-refractivity contribution < 1.29 is 9.84 Å². The molecule has 0 aromatic heterocycles. The third kappa shape index (κ3) is 4.13. The van der Waals surface area contributed by atoms with Gasteiger partial charge in [-0.1, -0.05) is 44.0 Å². The van der Waals surface area contributed by atoms with Crippen LogP contribution >= 0.6 is 23.2 Å². The maximum Gasteiger partial charge on any atom is 0.0881 e. The molecule has 1 aromatic rings. The second-order valence-electron chi connectivity index (χ2n) is 5.53. The van der Waals surface area contributed by atoms with E-state index in [0.29, 0.717) is 16.5 Å². The molecular formula is C14H20Cl2O2. The van der Waals surface area contributed by atoms with E-state index in [4.69, 9.17) is 27.9 Å². The van der Waals surface area contributed by atoms with Crippen molar-refractivity contribution in [2.45, 2.75) is 39.4 Å². The summed E-state index contributed by atoms with van der Waals surface area (Å²) >= 11 is 12.0. The van der Waals surface area contributed by atoms with Crippen molar-refractivity contribution in [1.82, 2.24) is 0 Å². The van der Waals surface area contributed by atoms with E-state index in [1.165, 1.54) is 0 Å². The Kier molecular flexibility index (Phi) is 5.47. The SMILES string of the molecule is COC(C(O)Cc1cc(Cl)ccc1Cl)C(C)(C)C. The van der Waals surface area contributed by atoms with Crippen molar-refractivity contribution in [1.29, 1.82) is 0 Å². The molecule has 2 nitrogen and oxygen atoms in total. The molecule has 0 aliphatic carbocycles. The molecule has 18 heavy (non-hydrogen) atoms. The Labute approximate surface area is 119 Å². The Morgan fingerprint density at radius 3 is 2.39 bits per heavy atom. The van der Waals surface area contributed by atoms with Gasteiger partial charge in [-0.15, -0.1) is 0 Å². The molecule has 0 saturated heterocycles. The number of aliphatic hydroxyl groups is 1. The van der Waals surface area contributed by atoms with Crippen LogP contribution in [0.2, 0.25) is 10.0 Å². The topological polar surface area (TPSA) is 29.5 Å². The van der Waals surface area contributed by atoms with Crippen molar-refractivity contribution in [2.75, 3.05) is 7.11 Å². The van der Waals surface area contributed by atoms with Crippen LogP contribution in [-0.4, -0.2) is 24.4 Å². The fourth-order valence-corrected chi connectivity index (χ4v) is 2.51. The number of aliphatic hydroxyl groups excluding tert-OH is 1. The molecular weight excluding hydrogens is 271 g/mol. The lowest BCUT2D eigenvalue weighted by molar-refractivity contribution is -0.0698. The second kappa shape index (κ2) is 6.25. The van der Waals surface area contributed by atoms with E-state index in [1.54, 1.807) is 25.3 Å². The molecule has 0 heterocycles.